The van der Waals surface area contributed by atoms with Crippen molar-refractivity contribution in [2.24, 2.45) is 28.4 Å². The molecule has 0 fully saturated rings. The van der Waals surface area contributed by atoms with Gasteiger partial charge in [0.2, 0.25) is 11.8 Å². The summed E-state index contributed by atoms with van der Waals surface area (Å²) in [6.07, 6.45) is 4.86. The minimum Gasteiger partial charge on any atom is -0.460 e. The van der Waals surface area contributed by atoms with Crippen LogP contribution >= 0.6 is 0 Å². The van der Waals surface area contributed by atoms with Crippen LogP contribution in [0.3, 0.4) is 0 Å². The van der Waals surface area contributed by atoms with E-state index >= 15 is 0 Å². The summed E-state index contributed by atoms with van der Waals surface area (Å²) in [6, 6.07) is 5.70. The Balaban J connectivity index is 2.75. The predicted molar refractivity (Wildman–Crippen MR) is 191 cm³/mol. The summed E-state index contributed by atoms with van der Waals surface area (Å²) in [5.41, 5.74) is 6.08. The molecule has 0 heterocycles. The van der Waals surface area contributed by atoms with Crippen molar-refractivity contribution in [2.75, 3.05) is 13.1 Å². The first-order chi connectivity index (χ1) is 22.8. The van der Waals surface area contributed by atoms with Crippen molar-refractivity contribution in [1.29, 1.82) is 0 Å². The van der Waals surface area contributed by atoms with Gasteiger partial charge in [-0.1, -0.05) is 71.7 Å². The van der Waals surface area contributed by atoms with Crippen molar-refractivity contribution in [3.63, 3.8) is 0 Å². The number of ether oxygens (including phenoxy) is 1. The van der Waals surface area contributed by atoms with E-state index in [4.69, 9.17) is 10.5 Å². The second-order valence-corrected chi connectivity index (χ2v) is 15.2. The fourth-order valence-electron chi connectivity index (χ4n) is 5.01. The first-order valence-electron chi connectivity index (χ1n) is 17.7. The van der Waals surface area contributed by atoms with Crippen LogP contribution in [-0.2, 0) is 41.7 Å². The minimum atomic E-state index is -0.816. The molecule has 1 aromatic rings. The minimum absolute atomic E-state index is 0.00983. The van der Waals surface area contributed by atoms with E-state index in [1.54, 1.807) is 45.0 Å². The number of hydrogen-bond acceptors (Lipinski definition) is 7. The summed E-state index contributed by atoms with van der Waals surface area (Å²) < 4.78 is 5.37. The molecule has 0 aliphatic carbocycles. The summed E-state index contributed by atoms with van der Waals surface area (Å²) in [5, 5.41) is 8.37. The number of Topliss-reactive ketones (excluding diaryl/α,β-unsaturated/α-hetero) is 2. The Labute approximate surface area is 293 Å². The van der Waals surface area contributed by atoms with Gasteiger partial charge in [0.15, 0.2) is 5.78 Å². The van der Waals surface area contributed by atoms with Crippen molar-refractivity contribution < 1.29 is 33.5 Å². The zero-order chi connectivity index (χ0) is 37.2. The molecule has 49 heavy (non-hydrogen) atoms. The van der Waals surface area contributed by atoms with Crippen LogP contribution in [-0.4, -0.2) is 54.5 Å². The summed E-state index contributed by atoms with van der Waals surface area (Å²) in [7, 11) is 0. The van der Waals surface area contributed by atoms with Gasteiger partial charge in [0.05, 0.1) is 11.5 Å². The molecule has 0 saturated heterocycles. The van der Waals surface area contributed by atoms with E-state index in [-0.39, 0.29) is 73.1 Å². The van der Waals surface area contributed by atoms with Gasteiger partial charge in [-0.25, -0.2) is 4.79 Å². The summed E-state index contributed by atoms with van der Waals surface area (Å²) in [5.74, 6) is -1.53. The second kappa shape index (κ2) is 21.4. The average Bonchev–Trinajstić information content (AvgIpc) is 3.01. The van der Waals surface area contributed by atoms with Crippen LogP contribution in [0.1, 0.15) is 124 Å². The van der Waals surface area contributed by atoms with Gasteiger partial charge in [-0.15, -0.1) is 0 Å². The number of nitrogens with one attached hydrogen (secondary N) is 3. The third-order valence-electron chi connectivity index (χ3n) is 8.70. The molecule has 0 radical (unpaired) electrons. The number of primary amides is 1. The van der Waals surface area contributed by atoms with E-state index in [1.807, 2.05) is 13.8 Å². The van der Waals surface area contributed by atoms with Crippen molar-refractivity contribution in [3.8, 4) is 0 Å². The van der Waals surface area contributed by atoms with E-state index in [2.05, 4.69) is 36.7 Å². The second-order valence-electron chi connectivity index (χ2n) is 15.2. The van der Waals surface area contributed by atoms with Crippen LogP contribution in [0.5, 0.6) is 0 Å². The number of nitrogens with two attached hydrogens (primary N) is 1. The number of carbonyl (C=O) groups is 6. The standard InChI is InChI=1S/C38H62N4O7/c1-9-38(7,8)24-33(45)40-20-12-10-11-14-29(43)23-30(26(2)3)34(46)42-31(15-13-21-41-36(39)48)32(44)22-27-16-18-28(19-17-27)25-49-35(47)37(4,5)6/h16-19,26,30-31H,9-15,20-25H2,1-8H3,(H,40,45)(H,42,46)(H3,39,41,48)/t30-,31-/m0/s1. The fourth-order valence-corrected chi connectivity index (χ4v) is 5.01. The van der Waals surface area contributed by atoms with E-state index < -0.39 is 23.4 Å². The molecule has 0 unspecified atom stereocenters. The number of ketones is 2. The number of amides is 4. The van der Waals surface area contributed by atoms with Crippen LogP contribution < -0.4 is 21.7 Å². The monoisotopic (exact) mass is 686 g/mol. The van der Waals surface area contributed by atoms with Crippen molar-refractivity contribution in [2.45, 2.75) is 132 Å². The van der Waals surface area contributed by atoms with Gasteiger partial charge in [-0.05, 0) is 68.9 Å². The van der Waals surface area contributed by atoms with Crippen LogP contribution in [0.15, 0.2) is 24.3 Å². The molecule has 0 bridgehead atoms. The average molecular weight is 687 g/mol. The molecule has 4 amide bonds. The summed E-state index contributed by atoms with van der Waals surface area (Å²) >= 11 is 0. The zero-order valence-corrected chi connectivity index (χ0v) is 31.2. The smallest absolute Gasteiger partial charge is 0.312 e. The highest BCUT2D eigenvalue weighted by Gasteiger charge is 2.29. The highest BCUT2D eigenvalue weighted by atomic mass is 16.5. The van der Waals surface area contributed by atoms with Crippen LogP contribution in [0.4, 0.5) is 4.79 Å². The Morgan fingerprint density at radius 1 is 0.837 bits per heavy atom. The quantitative estimate of drug-likeness (QED) is 0.0862. The topological polar surface area (TPSA) is 174 Å². The van der Waals surface area contributed by atoms with Gasteiger partial charge in [-0.3, -0.25) is 24.0 Å². The SMILES string of the molecule is CCC(C)(C)CC(=O)NCCCCCC(=O)C[C@H](C(=O)N[C@@H](CCCNC(N)=O)C(=O)Cc1ccc(COC(=O)C(C)(C)C)cc1)C(C)C. The van der Waals surface area contributed by atoms with Gasteiger partial charge in [0.1, 0.15) is 12.4 Å². The van der Waals surface area contributed by atoms with E-state index in [1.165, 1.54) is 0 Å². The van der Waals surface area contributed by atoms with E-state index in [0.29, 0.717) is 32.2 Å². The van der Waals surface area contributed by atoms with Crippen LogP contribution in [0.25, 0.3) is 0 Å². The number of rotatable bonds is 23. The van der Waals surface area contributed by atoms with Crippen molar-refractivity contribution in [3.05, 3.63) is 35.4 Å². The molecular formula is C38H62N4O7. The molecule has 2 atom stereocenters. The van der Waals surface area contributed by atoms with Crippen LogP contribution in [0, 0.1) is 22.7 Å². The lowest BCUT2D eigenvalue weighted by Gasteiger charge is -2.24. The van der Waals surface area contributed by atoms with Crippen molar-refractivity contribution >= 4 is 35.4 Å². The first kappa shape index (κ1) is 43.3. The summed E-state index contributed by atoms with van der Waals surface area (Å²) in [4.78, 5) is 75.2. The normalized spacial score (nSPS) is 12.9. The molecule has 276 valence electrons. The molecule has 0 saturated carbocycles. The Bertz CT molecular complexity index is 1240. The summed E-state index contributed by atoms with van der Waals surface area (Å²) in [6.45, 7) is 16.3. The Morgan fingerprint density at radius 3 is 2.02 bits per heavy atom. The maximum atomic E-state index is 13.5. The highest BCUT2D eigenvalue weighted by molar-refractivity contribution is 5.92. The number of carbonyl (C=O) groups excluding carboxylic acids is 6. The molecule has 1 rings (SSSR count). The van der Waals surface area contributed by atoms with Gasteiger partial charge in [0.25, 0.3) is 0 Å². The Hall–Kier alpha value is -3.76. The lowest BCUT2D eigenvalue weighted by atomic mass is 9.86. The van der Waals surface area contributed by atoms with Gasteiger partial charge in [0, 0.05) is 44.7 Å². The molecule has 1 aromatic carbocycles. The largest absolute Gasteiger partial charge is 0.460 e. The van der Waals surface area contributed by atoms with Crippen molar-refractivity contribution in [1.82, 2.24) is 16.0 Å². The number of esters is 1. The first-order valence-corrected chi connectivity index (χ1v) is 17.7. The molecule has 0 aliphatic heterocycles. The third kappa shape index (κ3) is 18.5. The Kier molecular flexibility index (Phi) is 18.9. The number of benzene rings is 1. The predicted octanol–water partition coefficient (Wildman–Crippen LogP) is 5.56. The van der Waals surface area contributed by atoms with E-state index in [0.717, 1.165) is 30.4 Å². The van der Waals surface area contributed by atoms with Crippen LogP contribution in [0.2, 0.25) is 0 Å². The van der Waals surface area contributed by atoms with Gasteiger partial charge in [-0.2, -0.15) is 0 Å². The Morgan fingerprint density at radius 2 is 1.45 bits per heavy atom. The third-order valence-corrected chi connectivity index (χ3v) is 8.70. The fraction of sp³-hybridized carbons (Fsp3) is 0.684. The maximum absolute atomic E-state index is 13.5. The molecule has 0 aliphatic rings. The molecule has 11 nitrogen and oxygen atoms in total. The highest BCUT2D eigenvalue weighted by Crippen LogP contribution is 2.24. The molecule has 0 spiro atoms. The van der Waals surface area contributed by atoms with E-state index in [9.17, 15) is 28.8 Å². The molecule has 5 N–H and O–H groups in total. The van der Waals surface area contributed by atoms with Gasteiger partial charge < -0.3 is 26.4 Å². The maximum Gasteiger partial charge on any atom is 0.312 e. The number of hydrogen-bond donors (Lipinski definition) is 4. The number of urea groups is 1. The zero-order valence-electron chi connectivity index (χ0n) is 31.2. The molecule has 11 heteroatoms. The lowest BCUT2D eigenvalue weighted by molar-refractivity contribution is -0.154. The lowest BCUT2D eigenvalue weighted by Crippen LogP contribution is -2.46. The molecular weight excluding hydrogens is 624 g/mol. The number of unbranched alkanes of at least 4 members (excludes halogenated alkanes) is 2. The molecule has 0 aromatic heterocycles. The van der Waals surface area contributed by atoms with Gasteiger partial charge >= 0.3 is 12.0 Å².